The summed E-state index contributed by atoms with van der Waals surface area (Å²) in [6.45, 7) is 14.2. The van der Waals surface area contributed by atoms with Gasteiger partial charge in [-0.3, -0.25) is 0 Å². The molecule has 0 amide bonds. The number of hydrogen-bond donors (Lipinski definition) is 0. The molecular formula is C139H95Br4N4OP. The Morgan fingerprint density at radius 1 is 0.188 bits per heavy atom. The molecule has 0 N–H and O–H groups in total. The summed E-state index contributed by atoms with van der Waals surface area (Å²) in [6.07, 6.45) is 0. The van der Waals surface area contributed by atoms with E-state index in [2.05, 4.69) is 548 Å². The molecule has 5 aliphatic heterocycles. The first-order chi connectivity index (χ1) is 72.8. The maximum absolute atomic E-state index is 15.7. The number of nitrogens with zero attached hydrogens (tertiary/aromatic N) is 4. The molecule has 710 valence electrons. The number of fused-ring (bicyclic) bond motifs is 44. The highest BCUT2D eigenvalue weighted by Crippen LogP contribution is 2.68. The maximum Gasteiger partial charge on any atom is 0.171 e. The zero-order valence-electron chi connectivity index (χ0n) is 82.6. The Morgan fingerprint density at radius 3 is 0.859 bits per heavy atom. The Labute approximate surface area is 898 Å². The van der Waals surface area contributed by atoms with Gasteiger partial charge in [-0.15, -0.1) is 0 Å². The lowest BCUT2D eigenvalue weighted by Gasteiger charge is -2.50. The number of hydrogen-bond acceptors (Lipinski definition) is 1. The van der Waals surface area contributed by atoms with E-state index < -0.39 is 28.8 Å². The van der Waals surface area contributed by atoms with Crippen LogP contribution in [0, 0.1) is 0 Å². The third kappa shape index (κ3) is 11.4. The zero-order valence-corrected chi connectivity index (χ0v) is 89.9. The summed E-state index contributed by atoms with van der Waals surface area (Å²) < 4.78 is 30.1. The van der Waals surface area contributed by atoms with Crippen molar-refractivity contribution in [2.24, 2.45) is 0 Å². The number of rotatable bonds is 1. The lowest BCUT2D eigenvalue weighted by atomic mass is 9.53. The van der Waals surface area contributed by atoms with Crippen molar-refractivity contribution in [3.05, 3.63) is 607 Å². The smallest absolute Gasteiger partial charge is 0.171 e. The third-order valence-electron chi connectivity index (χ3n) is 35.2. The van der Waals surface area contributed by atoms with Crippen LogP contribution in [0.25, 0.3) is 110 Å². The number of benzene rings is 21. The van der Waals surface area contributed by atoms with E-state index in [0.29, 0.717) is 0 Å². The van der Waals surface area contributed by atoms with Gasteiger partial charge in [0.05, 0.1) is 88.5 Å². The molecule has 3 aliphatic carbocycles. The quantitative estimate of drug-likeness (QED) is 0.151. The predicted octanol–water partition coefficient (Wildman–Crippen LogP) is 34.8. The van der Waals surface area contributed by atoms with Crippen LogP contribution in [0.2, 0.25) is 0 Å². The fourth-order valence-electron chi connectivity index (χ4n) is 29.6. The summed E-state index contributed by atoms with van der Waals surface area (Å²) in [5, 5.41) is 13.0. The second kappa shape index (κ2) is 32.0. The van der Waals surface area contributed by atoms with Crippen molar-refractivity contribution in [3.63, 3.8) is 0 Å². The van der Waals surface area contributed by atoms with Crippen LogP contribution >= 0.6 is 70.9 Å². The molecule has 21 aromatic carbocycles. The van der Waals surface area contributed by atoms with Gasteiger partial charge in [0.1, 0.15) is 0 Å². The molecule has 5 unspecified atom stereocenters. The Kier molecular flexibility index (Phi) is 19.2. The Balaban J connectivity index is 0.0000000916. The van der Waals surface area contributed by atoms with Crippen LogP contribution in [0.5, 0.6) is 0 Å². The minimum absolute atomic E-state index is 0.106. The average Bonchev–Trinajstić information content (AvgIpc) is 1.66. The third-order valence-corrected chi connectivity index (χ3v) is 40.5. The van der Waals surface area contributed by atoms with Crippen LogP contribution in [0.3, 0.4) is 0 Å². The summed E-state index contributed by atoms with van der Waals surface area (Å²) in [6, 6.07) is 171. The second-order valence-corrected chi connectivity index (χ2v) is 49.3. The van der Waals surface area contributed by atoms with Crippen LogP contribution < -0.4 is 15.9 Å². The minimum Gasteiger partial charge on any atom is -0.309 e. The highest BCUT2D eigenvalue weighted by atomic mass is 79.9. The number of para-hydroxylation sites is 12. The predicted molar refractivity (Wildman–Crippen MR) is 631 cm³/mol. The van der Waals surface area contributed by atoms with Crippen molar-refractivity contribution in [3.8, 4) is 22.7 Å². The van der Waals surface area contributed by atoms with Crippen LogP contribution in [-0.4, -0.2) is 18.3 Å². The fourth-order valence-corrected chi connectivity index (χ4v) is 34.7. The van der Waals surface area contributed by atoms with Gasteiger partial charge in [0.15, 0.2) is 7.14 Å². The van der Waals surface area contributed by atoms with Gasteiger partial charge in [0.2, 0.25) is 0 Å². The van der Waals surface area contributed by atoms with Crippen LogP contribution in [0.4, 0.5) is 0 Å². The Morgan fingerprint density at radius 2 is 0.443 bits per heavy atom. The van der Waals surface area contributed by atoms with Crippen molar-refractivity contribution in [1.29, 1.82) is 0 Å². The van der Waals surface area contributed by atoms with Gasteiger partial charge in [-0.2, -0.15) is 0 Å². The lowest BCUT2D eigenvalue weighted by Crippen LogP contribution is -2.48. The average molecular weight is 2190 g/mol. The molecule has 10 heteroatoms. The van der Waals surface area contributed by atoms with E-state index >= 15 is 4.57 Å². The first kappa shape index (κ1) is 89.2. The van der Waals surface area contributed by atoms with E-state index in [9.17, 15) is 0 Å². The highest BCUT2D eigenvalue weighted by Gasteiger charge is 2.59. The van der Waals surface area contributed by atoms with Crippen molar-refractivity contribution in [1.82, 2.24) is 18.3 Å². The van der Waals surface area contributed by atoms with Gasteiger partial charge in [-0.05, 0) is 219 Å². The van der Waals surface area contributed by atoms with Crippen LogP contribution in [0.1, 0.15) is 164 Å². The summed E-state index contributed by atoms with van der Waals surface area (Å²) in [5.74, 6) is 0. The zero-order chi connectivity index (χ0) is 100. The fraction of sp³-hybridized carbons (Fsp3) is 0.0935. The van der Waals surface area contributed by atoms with E-state index in [1.807, 2.05) is 42.5 Å². The summed E-state index contributed by atoms with van der Waals surface area (Å²) in [5.41, 5.74) is 42.2. The minimum atomic E-state index is -3.19. The molecule has 25 aromatic rings. The van der Waals surface area contributed by atoms with Crippen molar-refractivity contribution >= 4 is 174 Å². The molecule has 0 saturated carbocycles. The largest absolute Gasteiger partial charge is 0.309 e. The molecule has 4 aromatic heterocycles. The monoisotopic (exact) mass is 2180 g/mol. The van der Waals surface area contributed by atoms with Gasteiger partial charge < -0.3 is 22.8 Å². The molecule has 149 heavy (non-hydrogen) atoms. The number of aromatic nitrogens is 4. The Hall–Kier alpha value is -15.0. The molecule has 8 aliphatic rings. The second-order valence-electron chi connectivity index (χ2n) is 43.0. The molecular weight excluding hydrogens is 2090 g/mol. The Bertz CT molecular complexity index is 10100. The normalized spacial score (nSPS) is 19.1. The first-order valence-electron chi connectivity index (χ1n) is 51.6. The van der Waals surface area contributed by atoms with Gasteiger partial charge in [-0.1, -0.05) is 475 Å². The van der Waals surface area contributed by atoms with Crippen LogP contribution in [-0.2, 0) is 42.5 Å². The van der Waals surface area contributed by atoms with Gasteiger partial charge >= 0.3 is 0 Å². The SMILES string of the molecule is CC1(C)c2ccccc2C2(c3ccccc3-n3c4ccccc4c4cccc2c43)c2cc(Br)ccc21.CC1(C)c2ccccc2C2(c3ccccc3-n3c4ccccc4c4cccc2c43)c2ccc(Br)cc21.CC1(C)c2ccccc2C2(c3ccccc3-n3c4ccccc4c4cccc2c43)c2cccc(Br)c21.O=P1(c2ccccc2)c2ccccc2C2(c3ccccc3-n3c4ccccc4c4cccc2c43)c2cc(Br)ccc21. The van der Waals surface area contributed by atoms with E-state index in [1.54, 1.807) is 0 Å². The molecule has 0 bridgehead atoms. The van der Waals surface area contributed by atoms with Crippen LogP contribution in [0.15, 0.2) is 485 Å². The van der Waals surface area contributed by atoms with E-state index in [4.69, 9.17) is 0 Å². The van der Waals surface area contributed by atoms with Crippen molar-refractivity contribution in [2.45, 2.75) is 79.4 Å². The van der Waals surface area contributed by atoms with E-state index in [1.165, 1.54) is 220 Å². The van der Waals surface area contributed by atoms with E-state index in [-0.39, 0.29) is 16.2 Å². The highest BCUT2D eigenvalue weighted by molar-refractivity contribution is 9.11. The van der Waals surface area contributed by atoms with Crippen molar-refractivity contribution < 1.29 is 4.57 Å². The van der Waals surface area contributed by atoms with Crippen molar-refractivity contribution in [2.75, 3.05) is 0 Å². The standard InChI is InChI=1S/C37H23BrNOP.3C34H24BrN/c38-24-21-22-35-31(23-24)37(29-16-6-9-20-34(29)41(35,40)25-11-2-1-3-12-25)28-15-5-8-19-33(28)39-32-18-7-4-13-26(32)27-14-10-17-30(37)36(27)39;1-33(2)23-13-4-5-14-24(23)34(26-16-10-18-28(35)31(26)33)25-15-6-8-20-30(25)36-29-19-7-3-11-21(29)22-12-9-17-27(34)32(22)36;1-33(2)24-12-4-5-13-26(24)34(29-20-21(35)18-19-25(29)33)27-14-6-8-17-31(27)36-30-16-7-3-10-22(30)23-11-9-15-28(34)32(23)36;1-33(2)24-12-4-5-13-25(24)34(26-19-18-21(35)20-29(26)33)27-14-6-8-17-31(27)36-30-16-7-3-10-22(30)23-11-9-15-28(34)32(23)36/h1-23H;3*3-20H,1-2H3. The maximum atomic E-state index is 15.7. The summed E-state index contributed by atoms with van der Waals surface area (Å²) >= 11 is 15.5. The summed E-state index contributed by atoms with van der Waals surface area (Å²) in [7, 11) is -3.19. The topological polar surface area (TPSA) is 36.8 Å². The molecule has 0 saturated heterocycles. The van der Waals surface area contributed by atoms with Gasteiger partial charge in [0, 0.05) is 93.1 Å². The molecule has 33 rings (SSSR count). The lowest BCUT2D eigenvalue weighted by molar-refractivity contribution is 0.553. The molecule has 4 spiro atoms. The van der Waals surface area contributed by atoms with Gasteiger partial charge in [-0.25, -0.2) is 0 Å². The molecule has 9 heterocycles. The van der Waals surface area contributed by atoms with E-state index in [0.717, 1.165) is 46.1 Å². The molecule has 5 atom stereocenters. The molecule has 5 nitrogen and oxygen atoms in total. The molecule has 0 fully saturated rings. The number of halogens is 4. The summed E-state index contributed by atoms with van der Waals surface area (Å²) in [4.78, 5) is 0. The first-order valence-corrected chi connectivity index (χ1v) is 56.4. The molecule has 0 radical (unpaired) electrons. The van der Waals surface area contributed by atoms with Gasteiger partial charge in [0.25, 0.3) is 0 Å².